The fourth-order valence-corrected chi connectivity index (χ4v) is 3.63. The molecule has 0 aliphatic carbocycles. The molecule has 2 rings (SSSR count). The maximum absolute atomic E-state index is 12.1. The summed E-state index contributed by atoms with van der Waals surface area (Å²) in [5.41, 5.74) is 0.289. The third kappa shape index (κ3) is 2.99. The number of carboxylic acids is 1. The Balaban J connectivity index is 2.23. The lowest BCUT2D eigenvalue weighted by Crippen LogP contribution is -2.11. The lowest BCUT2D eigenvalue weighted by Gasteiger charge is -2.04. The van der Waals surface area contributed by atoms with Crippen molar-refractivity contribution in [1.29, 1.82) is 0 Å². The number of rotatable bonds is 5. The van der Waals surface area contributed by atoms with Gasteiger partial charge >= 0.3 is 5.97 Å². The van der Waals surface area contributed by atoms with Gasteiger partial charge in [-0.25, -0.2) is 13.2 Å². The zero-order chi connectivity index (χ0) is 14.9. The van der Waals surface area contributed by atoms with Gasteiger partial charge in [-0.1, -0.05) is 0 Å². The van der Waals surface area contributed by atoms with E-state index in [2.05, 4.69) is 9.82 Å². The molecule has 20 heavy (non-hydrogen) atoms. The zero-order valence-corrected chi connectivity index (χ0v) is 12.4. The Morgan fingerprint density at radius 2 is 2.20 bits per heavy atom. The zero-order valence-electron chi connectivity index (χ0n) is 10.8. The van der Waals surface area contributed by atoms with Crippen molar-refractivity contribution in [2.75, 3.05) is 4.72 Å². The monoisotopic (exact) mass is 315 g/mol. The van der Waals surface area contributed by atoms with E-state index in [0.29, 0.717) is 5.69 Å². The molecule has 0 aliphatic heterocycles. The Kier molecular flexibility index (Phi) is 3.82. The van der Waals surface area contributed by atoms with Gasteiger partial charge in [0.05, 0.1) is 17.4 Å². The summed E-state index contributed by atoms with van der Waals surface area (Å²) in [6.45, 7) is 3.84. The first kappa shape index (κ1) is 14.5. The van der Waals surface area contributed by atoms with E-state index in [1.165, 1.54) is 11.6 Å². The van der Waals surface area contributed by atoms with E-state index in [9.17, 15) is 13.2 Å². The van der Waals surface area contributed by atoms with Crippen LogP contribution in [0.5, 0.6) is 0 Å². The SMILES string of the molecule is CC(C)n1cc(NS(=O)(=O)c2cc(C(=O)O)cs2)cn1. The molecule has 0 amide bonds. The predicted octanol–water partition coefficient (Wildman–Crippen LogP) is 2.02. The molecule has 0 aromatic carbocycles. The molecule has 2 aromatic rings. The van der Waals surface area contributed by atoms with Gasteiger partial charge in [0, 0.05) is 17.6 Å². The topological polar surface area (TPSA) is 101 Å². The molecule has 0 radical (unpaired) electrons. The summed E-state index contributed by atoms with van der Waals surface area (Å²) in [7, 11) is -3.79. The highest BCUT2D eigenvalue weighted by molar-refractivity contribution is 7.94. The van der Waals surface area contributed by atoms with Gasteiger partial charge in [-0.2, -0.15) is 5.10 Å². The van der Waals surface area contributed by atoms with Crippen molar-refractivity contribution in [2.45, 2.75) is 24.1 Å². The number of aromatic carboxylic acids is 1. The van der Waals surface area contributed by atoms with Crippen molar-refractivity contribution in [1.82, 2.24) is 9.78 Å². The molecule has 0 spiro atoms. The molecule has 0 fully saturated rings. The molecule has 0 atom stereocenters. The lowest BCUT2D eigenvalue weighted by molar-refractivity contribution is 0.0697. The highest BCUT2D eigenvalue weighted by Crippen LogP contribution is 2.23. The summed E-state index contributed by atoms with van der Waals surface area (Å²) >= 11 is 0.859. The largest absolute Gasteiger partial charge is 0.478 e. The first-order valence-corrected chi connectivity index (χ1v) is 8.04. The van der Waals surface area contributed by atoms with E-state index in [1.54, 1.807) is 10.9 Å². The van der Waals surface area contributed by atoms with Crippen LogP contribution in [0, 0.1) is 0 Å². The van der Waals surface area contributed by atoms with E-state index >= 15 is 0 Å². The summed E-state index contributed by atoms with van der Waals surface area (Å²) < 4.78 is 28.1. The van der Waals surface area contributed by atoms with Crippen LogP contribution in [0.1, 0.15) is 30.2 Å². The van der Waals surface area contributed by atoms with E-state index in [1.807, 2.05) is 13.8 Å². The number of hydrogen-bond acceptors (Lipinski definition) is 5. The van der Waals surface area contributed by atoms with Gasteiger partial charge in [0.2, 0.25) is 0 Å². The molecule has 0 aliphatic rings. The second-order valence-electron chi connectivity index (χ2n) is 4.37. The van der Waals surface area contributed by atoms with Crippen molar-refractivity contribution in [3.8, 4) is 0 Å². The van der Waals surface area contributed by atoms with Crippen LogP contribution in [0.3, 0.4) is 0 Å². The Hall–Kier alpha value is -1.87. The molecule has 0 bridgehead atoms. The quantitative estimate of drug-likeness (QED) is 0.879. The normalized spacial score (nSPS) is 11.8. The minimum Gasteiger partial charge on any atom is -0.478 e. The summed E-state index contributed by atoms with van der Waals surface area (Å²) in [5.74, 6) is -1.16. The highest BCUT2D eigenvalue weighted by atomic mass is 32.2. The van der Waals surface area contributed by atoms with Crippen LogP contribution >= 0.6 is 11.3 Å². The maximum Gasteiger partial charge on any atom is 0.336 e. The van der Waals surface area contributed by atoms with Crippen LogP contribution in [0.25, 0.3) is 0 Å². The van der Waals surface area contributed by atoms with Crippen molar-refractivity contribution in [3.63, 3.8) is 0 Å². The third-order valence-electron chi connectivity index (χ3n) is 2.47. The number of thiophene rings is 1. The molecule has 2 heterocycles. The fraction of sp³-hybridized carbons (Fsp3) is 0.273. The van der Waals surface area contributed by atoms with E-state index < -0.39 is 16.0 Å². The summed E-state index contributed by atoms with van der Waals surface area (Å²) in [6.07, 6.45) is 2.98. The molecule has 2 N–H and O–H groups in total. The average molecular weight is 315 g/mol. The van der Waals surface area contributed by atoms with E-state index in [4.69, 9.17) is 5.11 Å². The Morgan fingerprint density at radius 3 is 2.70 bits per heavy atom. The van der Waals surface area contributed by atoms with Crippen LogP contribution in [-0.4, -0.2) is 29.3 Å². The van der Waals surface area contributed by atoms with Crippen molar-refractivity contribution >= 4 is 33.0 Å². The highest BCUT2D eigenvalue weighted by Gasteiger charge is 2.19. The van der Waals surface area contributed by atoms with Gasteiger partial charge in [-0.3, -0.25) is 9.40 Å². The van der Waals surface area contributed by atoms with Crippen molar-refractivity contribution < 1.29 is 18.3 Å². The molecule has 108 valence electrons. The molecular weight excluding hydrogens is 302 g/mol. The molecule has 0 saturated carbocycles. The van der Waals surface area contributed by atoms with Crippen LogP contribution in [-0.2, 0) is 10.0 Å². The number of hydrogen-bond donors (Lipinski definition) is 2. The van der Waals surface area contributed by atoms with Crippen LogP contribution in [0.15, 0.2) is 28.0 Å². The molecule has 0 saturated heterocycles. The first-order valence-electron chi connectivity index (χ1n) is 5.68. The van der Waals surface area contributed by atoms with Crippen LogP contribution in [0.2, 0.25) is 0 Å². The minimum atomic E-state index is -3.79. The first-order chi connectivity index (χ1) is 9.29. The molecule has 7 nitrogen and oxygen atoms in total. The number of carbonyl (C=O) groups is 1. The van der Waals surface area contributed by atoms with E-state index in [-0.39, 0.29) is 15.8 Å². The number of aromatic nitrogens is 2. The average Bonchev–Trinajstić information content (AvgIpc) is 2.95. The number of carboxylic acid groups (broad SMARTS) is 1. The summed E-state index contributed by atoms with van der Waals surface area (Å²) in [4.78, 5) is 10.8. The van der Waals surface area contributed by atoms with Crippen LogP contribution < -0.4 is 4.72 Å². The van der Waals surface area contributed by atoms with Gasteiger partial charge < -0.3 is 5.11 Å². The predicted molar refractivity (Wildman–Crippen MR) is 74.7 cm³/mol. The number of sulfonamides is 1. The Labute approximate surface area is 119 Å². The minimum absolute atomic E-state index is 0.0479. The standard InChI is InChI=1S/C11H13N3O4S2/c1-7(2)14-5-9(4-12-14)13-20(17,18)10-3-8(6-19-10)11(15)16/h3-7,13H,1-2H3,(H,15,16). The smallest absolute Gasteiger partial charge is 0.336 e. The maximum atomic E-state index is 12.1. The number of anilines is 1. The number of nitrogens with zero attached hydrogens (tertiary/aromatic N) is 2. The third-order valence-corrected chi connectivity index (χ3v) is 5.29. The van der Waals surface area contributed by atoms with Gasteiger partial charge in [0.15, 0.2) is 0 Å². The molecule has 9 heteroatoms. The van der Waals surface area contributed by atoms with Gasteiger partial charge in [-0.15, -0.1) is 11.3 Å². The Morgan fingerprint density at radius 1 is 1.50 bits per heavy atom. The van der Waals surface area contributed by atoms with E-state index in [0.717, 1.165) is 17.4 Å². The summed E-state index contributed by atoms with van der Waals surface area (Å²) in [6, 6.07) is 1.25. The van der Waals surface area contributed by atoms with Gasteiger partial charge in [0.1, 0.15) is 4.21 Å². The number of nitrogens with one attached hydrogen (secondary N) is 1. The molecule has 0 unspecified atom stereocenters. The molecular formula is C11H13N3O4S2. The fourth-order valence-electron chi connectivity index (χ4n) is 1.45. The van der Waals surface area contributed by atoms with Crippen molar-refractivity contribution in [2.24, 2.45) is 0 Å². The van der Waals surface area contributed by atoms with Gasteiger partial charge in [-0.05, 0) is 19.9 Å². The molecule has 2 aromatic heterocycles. The summed E-state index contributed by atoms with van der Waals surface area (Å²) in [5, 5.41) is 14.1. The lowest BCUT2D eigenvalue weighted by atomic mass is 10.4. The van der Waals surface area contributed by atoms with Crippen LogP contribution in [0.4, 0.5) is 5.69 Å². The second kappa shape index (κ2) is 5.25. The second-order valence-corrected chi connectivity index (χ2v) is 7.19. The van der Waals surface area contributed by atoms with Crippen molar-refractivity contribution in [3.05, 3.63) is 29.4 Å². The Bertz CT molecular complexity index is 730. The van der Waals surface area contributed by atoms with Gasteiger partial charge in [0.25, 0.3) is 10.0 Å².